The number of hydrogen-bond donors (Lipinski definition) is 1. The molecule has 28 heavy (non-hydrogen) atoms. The van der Waals surface area contributed by atoms with Crippen LogP contribution in [0.2, 0.25) is 0 Å². The van der Waals surface area contributed by atoms with Crippen molar-refractivity contribution in [3.05, 3.63) is 48.0 Å². The SMILES string of the molecule is Cc1cccc(C(=O)NCC2CN(c3ccnc4c3cnn4C)CCCO2)n1. The fourth-order valence-electron chi connectivity index (χ4n) is 3.51. The van der Waals surface area contributed by atoms with Gasteiger partial charge in [-0.3, -0.25) is 9.48 Å². The van der Waals surface area contributed by atoms with E-state index in [1.807, 2.05) is 44.6 Å². The average Bonchev–Trinajstić information content (AvgIpc) is 2.93. The summed E-state index contributed by atoms with van der Waals surface area (Å²) >= 11 is 0. The summed E-state index contributed by atoms with van der Waals surface area (Å²) in [6.45, 7) is 4.55. The van der Waals surface area contributed by atoms with Gasteiger partial charge in [0.2, 0.25) is 0 Å². The average molecular weight is 380 g/mol. The first-order chi connectivity index (χ1) is 13.6. The summed E-state index contributed by atoms with van der Waals surface area (Å²) in [4.78, 5) is 23.4. The van der Waals surface area contributed by atoms with E-state index in [9.17, 15) is 4.79 Å². The number of pyridine rings is 2. The van der Waals surface area contributed by atoms with Crippen molar-refractivity contribution in [2.45, 2.75) is 19.4 Å². The molecule has 4 rings (SSSR count). The summed E-state index contributed by atoms with van der Waals surface area (Å²) in [5.41, 5.74) is 3.21. The lowest BCUT2D eigenvalue weighted by Crippen LogP contribution is -2.40. The van der Waals surface area contributed by atoms with Crippen molar-refractivity contribution in [2.24, 2.45) is 7.05 Å². The van der Waals surface area contributed by atoms with Gasteiger partial charge in [0.05, 0.1) is 23.4 Å². The van der Waals surface area contributed by atoms with Crippen molar-refractivity contribution in [3.8, 4) is 0 Å². The molecule has 1 aliphatic heterocycles. The Bertz CT molecular complexity index is 986. The second-order valence-corrected chi connectivity index (χ2v) is 7.00. The van der Waals surface area contributed by atoms with Gasteiger partial charge in [-0.05, 0) is 31.5 Å². The molecule has 146 valence electrons. The van der Waals surface area contributed by atoms with Crippen molar-refractivity contribution in [2.75, 3.05) is 31.1 Å². The van der Waals surface area contributed by atoms with Crippen LogP contribution < -0.4 is 10.2 Å². The maximum absolute atomic E-state index is 12.4. The van der Waals surface area contributed by atoms with Crippen LogP contribution in [0.5, 0.6) is 0 Å². The topological polar surface area (TPSA) is 85.2 Å². The minimum absolute atomic E-state index is 0.101. The summed E-state index contributed by atoms with van der Waals surface area (Å²) in [6, 6.07) is 7.45. The third kappa shape index (κ3) is 3.82. The first-order valence-electron chi connectivity index (χ1n) is 9.47. The van der Waals surface area contributed by atoms with E-state index in [2.05, 4.69) is 25.3 Å². The minimum Gasteiger partial charge on any atom is -0.374 e. The molecule has 8 heteroatoms. The standard InChI is InChI=1S/C20H24N6O2/c1-14-5-3-6-17(24-14)20(27)22-11-15-13-26(9-4-10-28-15)18-7-8-21-19-16(18)12-23-25(19)2/h3,5-8,12,15H,4,9-11,13H2,1-2H3,(H,22,27). The van der Waals surface area contributed by atoms with E-state index < -0.39 is 0 Å². The zero-order valence-corrected chi connectivity index (χ0v) is 16.1. The second kappa shape index (κ2) is 7.93. The number of amides is 1. The number of carbonyl (C=O) groups is 1. The molecule has 1 aliphatic rings. The van der Waals surface area contributed by atoms with Gasteiger partial charge in [-0.15, -0.1) is 0 Å². The third-order valence-electron chi connectivity index (χ3n) is 4.91. The molecular formula is C20H24N6O2. The quantitative estimate of drug-likeness (QED) is 0.742. The third-order valence-corrected chi connectivity index (χ3v) is 4.91. The van der Waals surface area contributed by atoms with Crippen LogP contribution in [0.25, 0.3) is 11.0 Å². The molecule has 3 aromatic heterocycles. The zero-order valence-electron chi connectivity index (χ0n) is 16.1. The highest BCUT2D eigenvalue weighted by Gasteiger charge is 2.22. The number of nitrogens with one attached hydrogen (secondary N) is 1. The molecule has 3 aromatic rings. The Morgan fingerprint density at radius 2 is 2.25 bits per heavy atom. The molecule has 1 amide bonds. The molecule has 0 saturated carbocycles. The van der Waals surface area contributed by atoms with E-state index in [0.29, 0.717) is 25.4 Å². The van der Waals surface area contributed by atoms with Crippen LogP contribution in [0, 0.1) is 6.92 Å². The Labute approximate surface area is 163 Å². The summed E-state index contributed by atoms with van der Waals surface area (Å²) in [6.07, 6.45) is 4.49. The van der Waals surface area contributed by atoms with Crippen LogP contribution in [0.15, 0.2) is 36.7 Å². The monoisotopic (exact) mass is 380 g/mol. The van der Waals surface area contributed by atoms with Gasteiger partial charge in [0.25, 0.3) is 5.91 Å². The van der Waals surface area contributed by atoms with E-state index in [1.165, 1.54) is 0 Å². The van der Waals surface area contributed by atoms with Crippen LogP contribution in [0.1, 0.15) is 22.6 Å². The number of ether oxygens (including phenoxy) is 1. The first kappa shape index (κ1) is 18.4. The highest BCUT2D eigenvalue weighted by Crippen LogP contribution is 2.26. The number of aromatic nitrogens is 4. The summed E-state index contributed by atoms with van der Waals surface area (Å²) in [5, 5.41) is 8.31. The van der Waals surface area contributed by atoms with Crippen LogP contribution in [-0.2, 0) is 11.8 Å². The van der Waals surface area contributed by atoms with Gasteiger partial charge in [0.1, 0.15) is 5.69 Å². The molecule has 1 unspecified atom stereocenters. The van der Waals surface area contributed by atoms with Crippen LogP contribution >= 0.6 is 0 Å². The minimum atomic E-state index is -0.179. The first-order valence-corrected chi connectivity index (χ1v) is 9.47. The smallest absolute Gasteiger partial charge is 0.269 e. The summed E-state index contributed by atoms with van der Waals surface area (Å²) in [5.74, 6) is -0.179. The molecule has 0 radical (unpaired) electrons. The maximum Gasteiger partial charge on any atom is 0.269 e. The van der Waals surface area contributed by atoms with Gasteiger partial charge in [-0.2, -0.15) is 5.10 Å². The molecular weight excluding hydrogens is 356 g/mol. The predicted molar refractivity (Wildman–Crippen MR) is 106 cm³/mol. The van der Waals surface area contributed by atoms with Gasteiger partial charge < -0.3 is 15.0 Å². The van der Waals surface area contributed by atoms with Gasteiger partial charge in [0, 0.05) is 45.2 Å². The molecule has 1 atom stereocenters. The fraction of sp³-hybridized carbons (Fsp3) is 0.400. The number of hydrogen-bond acceptors (Lipinski definition) is 6. The number of nitrogens with zero attached hydrogens (tertiary/aromatic N) is 5. The van der Waals surface area contributed by atoms with Crippen molar-refractivity contribution in [1.82, 2.24) is 25.1 Å². The number of rotatable bonds is 4. The molecule has 0 aliphatic carbocycles. The summed E-state index contributed by atoms with van der Waals surface area (Å²) < 4.78 is 7.75. The largest absolute Gasteiger partial charge is 0.374 e. The Kier molecular flexibility index (Phi) is 5.21. The van der Waals surface area contributed by atoms with E-state index in [1.54, 1.807) is 10.7 Å². The Morgan fingerprint density at radius 3 is 3.11 bits per heavy atom. The maximum atomic E-state index is 12.4. The Morgan fingerprint density at radius 1 is 1.36 bits per heavy atom. The van der Waals surface area contributed by atoms with Crippen LogP contribution in [0.3, 0.4) is 0 Å². The van der Waals surface area contributed by atoms with Crippen LogP contribution in [0.4, 0.5) is 5.69 Å². The Hall–Kier alpha value is -3.00. The number of carbonyl (C=O) groups excluding carboxylic acids is 1. The van der Waals surface area contributed by atoms with E-state index in [0.717, 1.165) is 35.4 Å². The highest BCUT2D eigenvalue weighted by atomic mass is 16.5. The van der Waals surface area contributed by atoms with E-state index in [4.69, 9.17) is 4.74 Å². The fourth-order valence-corrected chi connectivity index (χ4v) is 3.51. The zero-order chi connectivity index (χ0) is 19.5. The predicted octanol–water partition coefficient (Wildman–Crippen LogP) is 1.70. The van der Waals surface area contributed by atoms with Crippen molar-refractivity contribution >= 4 is 22.6 Å². The number of fused-ring (bicyclic) bond motifs is 1. The van der Waals surface area contributed by atoms with Crippen molar-refractivity contribution in [3.63, 3.8) is 0 Å². The molecule has 1 fully saturated rings. The lowest BCUT2D eigenvalue weighted by Gasteiger charge is -2.26. The number of anilines is 1. The summed E-state index contributed by atoms with van der Waals surface area (Å²) in [7, 11) is 1.89. The molecule has 0 spiro atoms. The molecule has 1 saturated heterocycles. The van der Waals surface area contributed by atoms with E-state index >= 15 is 0 Å². The molecule has 0 bridgehead atoms. The molecule has 0 aromatic carbocycles. The second-order valence-electron chi connectivity index (χ2n) is 7.00. The van der Waals surface area contributed by atoms with Gasteiger partial charge >= 0.3 is 0 Å². The normalized spacial score (nSPS) is 17.5. The van der Waals surface area contributed by atoms with Gasteiger partial charge in [-0.1, -0.05) is 6.07 Å². The lowest BCUT2D eigenvalue weighted by atomic mass is 10.2. The number of aryl methyl sites for hydroxylation is 2. The molecule has 1 N–H and O–H groups in total. The molecule has 4 heterocycles. The van der Waals surface area contributed by atoms with Crippen LogP contribution in [-0.4, -0.2) is 58.0 Å². The van der Waals surface area contributed by atoms with Crippen molar-refractivity contribution in [1.29, 1.82) is 0 Å². The van der Waals surface area contributed by atoms with Gasteiger partial charge in [-0.25, -0.2) is 9.97 Å². The lowest BCUT2D eigenvalue weighted by molar-refractivity contribution is 0.0638. The molecule has 8 nitrogen and oxygen atoms in total. The van der Waals surface area contributed by atoms with E-state index in [-0.39, 0.29) is 12.0 Å². The Balaban J connectivity index is 1.46. The van der Waals surface area contributed by atoms with Crippen molar-refractivity contribution < 1.29 is 9.53 Å². The van der Waals surface area contributed by atoms with Gasteiger partial charge in [0.15, 0.2) is 5.65 Å². The highest BCUT2D eigenvalue weighted by molar-refractivity contribution is 5.92.